The van der Waals surface area contributed by atoms with E-state index >= 15 is 0 Å². The zero-order valence-corrected chi connectivity index (χ0v) is 16.6. The van der Waals surface area contributed by atoms with Crippen molar-refractivity contribution in [3.63, 3.8) is 0 Å². The summed E-state index contributed by atoms with van der Waals surface area (Å²) in [6.07, 6.45) is 0.879. The summed E-state index contributed by atoms with van der Waals surface area (Å²) in [4.78, 5) is 32.3. The Bertz CT molecular complexity index is 1350. The number of aromatic amines is 2. The number of H-pyrrole nitrogens is 2. The first-order chi connectivity index (χ1) is 14.5. The molecule has 3 heterocycles. The minimum atomic E-state index is -0.615. The summed E-state index contributed by atoms with van der Waals surface area (Å²) < 4.78 is 1.23. The molecule has 2 aromatic heterocycles. The van der Waals surface area contributed by atoms with Crippen molar-refractivity contribution < 1.29 is 10.0 Å². The Hall–Kier alpha value is -3.58. The Labute approximate surface area is 172 Å². The van der Waals surface area contributed by atoms with Gasteiger partial charge in [-0.2, -0.15) is 0 Å². The van der Waals surface area contributed by atoms with Gasteiger partial charge in [0, 0.05) is 17.3 Å². The normalized spacial score (nSPS) is 18.4. The molecule has 0 radical (unpaired) electrons. The molecule has 2 aromatic carbocycles. The number of hydrogen-bond acceptors (Lipinski definition) is 3. The van der Waals surface area contributed by atoms with Crippen LogP contribution in [-0.2, 0) is 13.0 Å². The summed E-state index contributed by atoms with van der Waals surface area (Å²) in [6.45, 7) is 0.997. The summed E-state index contributed by atoms with van der Waals surface area (Å²) in [6, 6.07) is 17.1. The monoisotopic (exact) mass is 403 g/mol. The predicted molar refractivity (Wildman–Crippen MR) is 114 cm³/mol. The van der Waals surface area contributed by atoms with Gasteiger partial charge in [0.25, 0.3) is 5.56 Å². The van der Waals surface area contributed by atoms with Crippen LogP contribution in [0.4, 0.5) is 0 Å². The molecule has 1 unspecified atom stereocenters. The zero-order chi connectivity index (χ0) is 20.8. The molecule has 0 saturated heterocycles. The molecule has 152 valence electrons. The van der Waals surface area contributed by atoms with E-state index in [1.807, 2.05) is 55.6 Å². The van der Waals surface area contributed by atoms with Gasteiger partial charge >= 0.3 is 5.69 Å². The Kier molecular flexibility index (Phi) is 4.33. The van der Waals surface area contributed by atoms with Crippen molar-refractivity contribution in [1.82, 2.24) is 14.5 Å². The third kappa shape index (κ3) is 2.86. The van der Waals surface area contributed by atoms with Crippen LogP contribution in [0.25, 0.3) is 10.9 Å². The SMILES string of the molecule is C[NH+]1CCc2c([nH]c3ccccc23)[C@@H]1c1c(O)n(Cc2ccccc2)c(=O)[nH]c1=O. The molecule has 5 rings (SSSR count). The largest absolute Gasteiger partial charge is 0.494 e. The number of quaternary nitrogens is 1. The predicted octanol–water partition coefficient (Wildman–Crippen LogP) is 0.932. The van der Waals surface area contributed by atoms with Crippen LogP contribution in [0, 0.1) is 0 Å². The first-order valence-corrected chi connectivity index (χ1v) is 10.1. The van der Waals surface area contributed by atoms with Crippen molar-refractivity contribution in [2.24, 2.45) is 0 Å². The summed E-state index contributed by atoms with van der Waals surface area (Å²) in [5, 5.41) is 12.2. The molecule has 7 heteroatoms. The van der Waals surface area contributed by atoms with Gasteiger partial charge in [-0.05, 0) is 17.2 Å². The fourth-order valence-corrected chi connectivity index (χ4v) is 4.59. The van der Waals surface area contributed by atoms with Crippen molar-refractivity contribution >= 4 is 10.9 Å². The topological polar surface area (TPSA) is 95.3 Å². The highest BCUT2D eigenvalue weighted by Gasteiger charge is 2.37. The minimum Gasteiger partial charge on any atom is -0.494 e. The van der Waals surface area contributed by atoms with Gasteiger partial charge < -0.3 is 15.0 Å². The van der Waals surface area contributed by atoms with Crippen LogP contribution < -0.4 is 16.1 Å². The summed E-state index contributed by atoms with van der Waals surface area (Å²) in [5.74, 6) is -0.275. The molecule has 2 atom stereocenters. The maximum atomic E-state index is 12.9. The van der Waals surface area contributed by atoms with Crippen molar-refractivity contribution in [3.05, 3.63) is 97.8 Å². The van der Waals surface area contributed by atoms with E-state index in [1.54, 1.807) is 0 Å². The molecular formula is C23H23N4O3+. The van der Waals surface area contributed by atoms with Crippen molar-refractivity contribution in [2.75, 3.05) is 13.6 Å². The number of hydrogen-bond donors (Lipinski definition) is 4. The number of aromatic hydroxyl groups is 1. The highest BCUT2D eigenvalue weighted by atomic mass is 16.3. The molecule has 7 nitrogen and oxygen atoms in total. The van der Waals surface area contributed by atoms with E-state index in [4.69, 9.17) is 0 Å². The van der Waals surface area contributed by atoms with Crippen LogP contribution in [0.5, 0.6) is 5.88 Å². The molecule has 0 bridgehead atoms. The van der Waals surface area contributed by atoms with E-state index in [0.29, 0.717) is 0 Å². The van der Waals surface area contributed by atoms with E-state index in [0.717, 1.165) is 40.0 Å². The van der Waals surface area contributed by atoms with Crippen molar-refractivity contribution in [1.29, 1.82) is 0 Å². The second-order valence-electron chi connectivity index (χ2n) is 7.91. The lowest BCUT2D eigenvalue weighted by molar-refractivity contribution is -0.908. The number of nitrogens with one attached hydrogen (secondary N) is 3. The van der Waals surface area contributed by atoms with Crippen LogP contribution in [-0.4, -0.2) is 33.2 Å². The van der Waals surface area contributed by atoms with E-state index < -0.39 is 17.3 Å². The van der Waals surface area contributed by atoms with E-state index in [2.05, 4.69) is 16.0 Å². The Morgan fingerprint density at radius 2 is 1.80 bits per heavy atom. The molecule has 0 amide bonds. The third-order valence-corrected chi connectivity index (χ3v) is 6.08. The highest BCUT2D eigenvalue weighted by molar-refractivity contribution is 5.85. The number of aromatic nitrogens is 3. The standard InChI is InChI=1S/C23H22N4O3/c1-26-12-11-16-15-9-5-6-10-17(15)24-19(16)20(26)18-21(28)25-23(30)27(22(18)29)13-14-7-3-2-4-8-14/h2-10,20,24,29H,11-13H2,1H3,(H,25,28,30)/p+1/t20-/m0/s1. The molecule has 0 saturated carbocycles. The number of rotatable bonds is 3. The van der Waals surface area contributed by atoms with Gasteiger partial charge in [0.1, 0.15) is 5.56 Å². The lowest BCUT2D eigenvalue weighted by Crippen LogP contribution is -3.10. The number of para-hydroxylation sites is 1. The second kappa shape index (κ2) is 7.03. The van der Waals surface area contributed by atoms with Gasteiger partial charge in [0.05, 0.1) is 25.8 Å². The van der Waals surface area contributed by atoms with Gasteiger partial charge in [-0.1, -0.05) is 48.5 Å². The maximum absolute atomic E-state index is 12.9. The van der Waals surface area contributed by atoms with Crippen molar-refractivity contribution in [2.45, 2.75) is 19.0 Å². The molecule has 30 heavy (non-hydrogen) atoms. The zero-order valence-electron chi connectivity index (χ0n) is 16.6. The van der Waals surface area contributed by atoms with Crippen LogP contribution in [0.2, 0.25) is 0 Å². The minimum absolute atomic E-state index is 0.181. The van der Waals surface area contributed by atoms with E-state index in [1.165, 1.54) is 10.1 Å². The highest BCUT2D eigenvalue weighted by Crippen LogP contribution is 2.32. The van der Waals surface area contributed by atoms with Crippen molar-refractivity contribution in [3.8, 4) is 5.88 Å². The number of fused-ring (bicyclic) bond motifs is 3. The lowest BCUT2D eigenvalue weighted by Gasteiger charge is -2.30. The average Bonchev–Trinajstić information content (AvgIpc) is 3.12. The summed E-state index contributed by atoms with van der Waals surface area (Å²) in [5.41, 5.74) is 3.02. The lowest BCUT2D eigenvalue weighted by atomic mass is 9.94. The van der Waals surface area contributed by atoms with Gasteiger partial charge in [-0.15, -0.1) is 0 Å². The summed E-state index contributed by atoms with van der Waals surface area (Å²) >= 11 is 0. The Morgan fingerprint density at radius 1 is 1.07 bits per heavy atom. The average molecular weight is 403 g/mol. The van der Waals surface area contributed by atoms with Crippen LogP contribution in [0.1, 0.15) is 28.4 Å². The fraction of sp³-hybridized carbons (Fsp3) is 0.217. The summed E-state index contributed by atoms with van der Waals surface area (Å²) in [7, 11) is 2.00. The maximum Gasteiger partial charge on any atom is 0.331 e. The second-order valence-corrected chi connectivity index (χ2v) is 7.91. The first-order valence-electron chi connectivity index (χ1n) is 10.1. The van der Waals surface area contributed by atoms with Crippen LogP contribution >= 0.6 is 0 Å². The first kappa shape index (κ1) is 18.4. The quantitative estimate of drug-likeness (QED) is 0.410. The molecule has 4 aromatic rings. The molecule has 1 aliphatic rings. The Morgan fingerprint density at radius 3 is 2.60 bits per heavy atom. The molecular weight excluding hydrogens is 380 g/mol. The molecule has 0 aliphatic carbocycles. The van der Waals surface area contributed by atoms with Gasteiger partial charge in [-0.3, -0.25) is 14.3 Å². The Balaban J connectivity index is 1.70. The van der Waals surface area contributed by atoms with Crippen LogP contribution in [0.15, 0.2) is 64.2 Å². The molecule has 0 spiro atoms. The molecule has 0 fully saturated rings. The fourth-order valence-electron chi connectivity index (χ4n) is 4.59. The van der Waals surface area contributed by atoms with E-state index in [9.17, 15) is 14.7 Å². The smallest absolute Gasteiger partial charge is 0.331 e. The van der Waals surface area contributed by atoms with Gasteiger partial charge in [0.15, 0.2) is 6.04 Å². The number of nitrogens with zero attached hydrogens (tertiary/aromatic N) is 1. The van der Waals surface area contributed by atoms with Gasteiger partial charge in [-0.25, -0.2) is 4.79 Å². The number of likely N-dealkylation sites (N-methyl/N-ethyl adjacent to an activating group) is 1. The van der Waals surface area contributed by atoms with Crippen LogP contribution in [0.3, 0.4) is 0 Å². The van der Waals surface area contributed by atoms with E-state index in [-0.39, 0.29) is 18.0 Å². The molecule has 4 N–H and O–H groups in total. The number of benzene rings is 2. The van der Waals surface area contributed by atoms with Gasteiger partial charge in [0.2, 0.25) is 5.88 Å². The molecule has 1 aliphatic heterocycles. The third-order valence-electron chi connectivity index (χ3n) is 6.08.